The normalized spacial score (nSPS) is 18.7. The third-order valence-electron chi connectivity index (χ3n) is 4.74. The summed E-state index contributed by atoms with van der Waals surface area (Å²) >= 11 is 0. The Hall–Kier alpha value is -2.35. The fourth-order valence-corrected chi connectivity index (χ4v) is 5.12. The van der Waals surface area contributed by atoms with E-state index in [-0.39, 0.29) is 23.5 Å². The molecule has 0 saturated carbocycles. The van der Waals surface area contributed by atoms with Gasteiger partial charge in [0.05, 0.1) is 35.9 Å². The summed E-state index contributed by atoms with van der Waals surface area (Å²) in [5.41, 5.74) is 2.68. The second-order valence-corrected chi connectivity index (χ2v) is 8.77. The first kappa shape index (κ1) is 18.4. The maximum absolute atomic E-state index is 12.7. The summed E-state index contributed by atoms with van der Waals surface area (Å²) in [4.78, 5) is 12.7. The molecule has 0 bridgehead atoms. The Morgan fingerprint density at radius 2 is 2.08 bits per heavy atom. The average molecular weight is 377 g/mol. The van der Waals surface area contributed by atoms with Crippen LogP contribution in [0.25, 0.3) is 0 Å². The van der Waals surface area contributed by atoms with E-state index in [1.807, 2.05) is 31.2 Å². The number of carbonyl (C=O) groups excluding carboxylic acids is 1. The SMILES string of the molecule is COc1ccccc1CNC(=O)c1c(C)nn([C@H]2CCS(=O)(=O)C2)c1C. The summed E-state index contributed by atoms with van der Waals surface area (Å²) in [6.45, 7) is 3.92. The number of rotatable bonds is 5. The van der Waals surface area contributed by atoms with Crippen LogP contribution < -0.4 is 10.1 Å². The van der Waals surface area contributed by atoms with Crippen LogP contribution in [0.15, 0.2) is 24.3 Å². The van der Waals surface area contributed by atoms with Gasteiger partial charge in [0.25, 0.3) is 5.91 Å². The number of sulfone groups is 1. The topological polar surface area (TPSA) is 90.3 Å². The van der Waals surface area contributed by atoms with Crippen LogP contribution in [0.5, 0.6) is 5.75 Å². The molecule has 0 unspecified atom stereocenters. The molecular formula is C18H23N3O4S. The Balaban J connectivity index is 1.78. The highest BCUT2D eigenvalue weighted by Gasteiger charge is 2.32. The quantitative estimate of drug-likeness (QED) is 0.858. The van der Waals surface area contributed by atoms with Crippen LogP contribution in [-0.4, -0.2) is 42.7 Å². The van der Waals surface area contributed by atoms with Crippen LogP contribution in [0.2, 0.25) is 0 Å². The van der Waals surface area contributed by atoms with Gasteiger partial charge in [-0.3, -0.25) is 9.48 Å². The number of ether oxygens (including phenoxy) is 1. The van der Waals surface area contributed by atoms with Gasteiger partial charge in [-0.1, -0.05) is 18.2 Å². The zero-order valence-corrected chi connectivity index (χ0v) is 16.0. The minimum Gasteiger partial charge on any atom is -0.496 e. The number of carbonyl (C=O) groups is 1. The van der Waals surface area contributed by atoms with Crippen LogP contribution in [0.3, 0.4) is 0 Å². The van der Waals surface area contributed by atoms with Crippen molar-refractivity contribution in [3.05, 3.63) is 46.8 Å². The summed E-state index contributed by atoms with van der Waals surface area (Å²) in [5, 5.41) is 7.34. The Bertz CT molecular complexity index is 934. The smallest absolute Gasteiger partial charge is 0.255 e. The van der Waals surface area contributed by atoms with E-state index < -0.39 is 9.84 Å². The standard InChI is InChI=1S/C18H23N3O4S/c1-12-17(13(2)21(20-12)15-8-9-26(23,24)11-15)18(22)19-10-14-6-4-5-7-16(14)25-3/h4-7,15H,8-11H2,1-3H3,(H,19,22)/t15-/m0/s1. The van der Waals surface area contributed by atoms with Crippen molar-refractivity contribution in [2.75, 3.05) is 18.6 Å². The summed E-state index contributed by atoms with van der Waals surface area (Å²) in [6.07, 6.45) is 0.534. The lowest BCUT2D eigenvalue weighted by atomic mass is 10.1. The van der Waals surface area contributed by atoms with Crippen molar-refractivity contribution in [1.29, 1.82) is 0 Å². The molecule has 26 heavy (non-hydrogen) atoms. The third kappa shape index (κ3) is 3.60. The van der Waals surface area contributed by atoms with Crippen LogP contribution >= 0.6 is 0 Å². The number of aromatic nitrogens is 2. The Labute approximate surface area is 153 Å². The molecule has 1 aromatic carbocycles. The van der Waals surface area contributed by atoms with E-state index in [0.717, 1.165) is 5.56 Å². The molecule has 1 amide bonds. The molecule has 1 aliphatic rings. The van der Waals surface area contributed by atoms with Gasteiger partial charge in [-0.25, -0.2) is 8.42 Å². The van der Waals surface area contributed by atoms with Gasteiger partial charge in [0, 0.05) is 17.8 Å². The van der Waals surface area contributed by atoms with Gasteiger partial charge in [-0.15, -0.1) is 0 Å². The summed E-state index contributed by atoms with van der Waals surface area (Å²) < 4.78 is 30.5. The van der Waals surface area contributed by atoms with E-state index in [9.17, 15) is 13.2 Å². The van der Waals surface area contributed by atoms with Crippen molar-refractivity contribution < 1.29 is 17.9 Å². The third-order valence-corrected chi connectivity index (χ3v) is 6.49. The van der Waals surface area contributed by atoms with Crippen molar-refractivity contribution in [3.63, 3.8) is 0 Å². The second kappa shape index (κ2) is 7.11. The Kier molecular flexibility index (Phi) is 5.04. The minimum absolute atomic E-state index is 0.0806. The van der Waals surface area contributed by atoms with Gasteiger partial charge in [0.15, 0.2) is 9.84 Å². The van der Waals surface area contributed by atoms with Crippen LogP contribution in [0.4, 0.5) is 0 Å². The lowest BCUT2D eigenvalue weighted by Crippen LogP contribution is -2.24. The zero-order valence-electron chi connectivity index (χ0n) is 15.2. The van der Waals surface area contributed by atoms with Crippen molar-refractivity contribution in [3.8, 4) is 5.75 Å². The molecule has 8 heteroatoms. The van der Waals surface area contributed by atoms with Gasteiger partial charge in [0.2, 0.25) is 0 Å². The first-order chi connectivity index (χ1) is 12.3. The molecule has 7 nitrogen and oxygen atoms in total. The van der Waals surface area contributed by atoms with Crippen LogP contribution in [0, 0.1) is 13.8 Å². The predicted octanol–water partition coefficient (Wildman–Crippen LogP) is 1.80. The number of hydrogen-bond acceptors (Lipinski definition) is 5. The maximum Gasteiger partial charge on any atom is 0.255 e. The molecule has 1 aromatic heterocycles. The molecule has 1 aliphatic heterocycles. The van der Waals surface area contributed by atoms with E-state index in [2.05, 4.69) is 10.4 Å². The molecular weight excluding hydrogens is 354 g/mol. The number of amides is 1. The van der Waals surface area contributed by atoms with Crippen molar-refractivity contribution in [2.24, 2.45) is 0 Å². The Morgan fingerprint density at radius 1 is 1.35 bits per heavy atom. The first-order valence-electron chi connectivity index (χ1n) is 8.48. The van der Waals surface area contributed by atoms with Crippen LogP contribution in [0.1, 0.15) is 39.8 Å². The van der Waals surface area contributed by atoms with Crippen LogP contribution in [-0.2, 0) is 16.4 Å². The highest BCUT2D eigenvalue weighted by molar-refractivity contribution is 7.91. The number of nitrogens with one attached hydrogen (secondary N) is 1. The lowest BCUT2D eigenvalue weighted by Gasteiger charge is -2.12. The molecule has 1 atom stereocenters. The average Bonchev–Trinajstić information content (AvgIpc) is 3.11. The van der Waals surface area contributed by atoms with E-state index in [0.29, 0.717) is 35.7 Å². The van der Waals surface area contributed by atoms with E-state index in [1.54, 1.807) is 18.7 Å². The number of hydrogen-bond donors (Lipinski definition) is 1. The fraction of sp³-hybridized carbons (Fsp3) is 0.444. The molecule has 0 radical (unpaired) electrons. The van der Waals surface area contributed by atoms with E-state index in [4.69, 9.17) is 4.74 Å². The molecule has 140 valence electrons. The molecule has 3 rings (SSSR count). The highest BCUT2D eigenvalue weighted by atomic mass is 32.2. The molecule has 2 heterocycles. The van der Waals surface area contributed by atoms with Gasteiger partial charge >= 0.3 is 0 Å². The largest absolute Gasteiger partial charge is 0.496 e. The van der Waals surface area contributed by atoms with Crippen molar-refractivity contribution in [2.45, 2.75) is 32.9 Å². The molecule has 0 aliphatic carbocycles. The fourth-order valence-electron chi connectivity index (χ4n) is 3.43. The minimum atomic E-state index is -3.01. The number of para-hydroxylation sites is 1. The van der Waals surface area contributed by atoms with Gasteiger partial charge in [-0.2, -0.15) is 5.10 Å². The van der Waals surface area contributed by atoms with E-state index in [1.165, 1.54) is 0 Å². The van der Waals surface area contributed by atoms with Gasteiger partial charge < -0.3 is 10.1 Å². The highest BCUT2D eigenvalue weighted by Crippen LogP contribution is 2.27. The number of nitrogens with zero attached hydrogens (tertiary/aromatic N) is 2. The lowest BCUT2D eigenvalue weighted by molar-refractivity contribution is 0.0949. The summed E-state index contributed by atoms with van der Waals surface area (Å²) in [6, 6.07) is 7.30. The van der Waals surface area contributed by atoms with Crippen molar-refractivity contribution >= 4 is 15.7 Å². The van der Waals surface area contributed by atoms with Gasteiger partial charge in [0.1, 0.15) is 5.75 Å². The molecule has 0 spiro atoms. The first-order valence-corrected chi connectivity index (χ1v) is 10.3. The summed E-state index contributed by atoms with van der Waals surface area (Å²) in [5.74, 6) is 0.744. The monoisotopic (exact) mass is 377 g/mol. The second-order valence-electron chi connectivity index (χ2n) is 6.54. The summed E-state index contributed by atoms with van der Waals surface area (Å²) in [7, 11) is -1.42. The van der Waals surface area contributed by atoms with Crippen molar-refractivity contribution in [1.82, 2.24) is 15.1 Å². The Morgan fingerprint density at radius 3 is 2.73 bits per heavy atom. The zero-order chi connectivity index (χ0) is 18.9. The van der Waals surface area contributed by atoms with E-state index >= 15 is 0 Å². The predicted molar refractivity (Wildman–Crippen MR) is 98.2 cm³/mol. The number of benzene rings is 1. The molecule has 2 aromatic rings. The molecule has 1 saturated heterocycles. The van der Waals surface area contributed by atoms with Gasteiger partial charge in [-0.05, 0) is 26.3 Å². The molecule has 1 fully saturated rings. The molecule has 1 N–H and O–H groups in total. The number of methoxy groups -OCH3 is 1. The maximum atomic E-state index is 12.7. The number of aryl methyl sites for hydroxylation is 1.